The van der Waals surface area contributed by atoms with Gasteiger partial charge < -0.3 is 14.0 Å². The highest BCUT2D eigenvalue weighted by Crippen LogP contribution is 2.38. The number of nitrogens with zero attached hydrogens (tertiary/aromatic N) is 1. The van der Waals surface area contributed by atoms with Crippen LogP contribution >= 0.6 is 0 Å². The van der Waals surface area contributed by atoms with Gasteiger partial charge in [0.25, 0.3) is 0 Å². The van der Waals surface area contributed by atoms with Crippen LogP contribution in [0.4, 0.5) is 0 Å². The van der Waals surface area contributed by atoms with Gasteiger partial charge in [-0.1, -0.05) is 85.7 Å². The summed E-state index contributed by atoms with van der Waals surface area (Å²) < 4.78 is 18.4. The summed E-state index contributed by atoms with van der Waals surface area (Å²) in [5, 5.41) is 0. The summed E-state index contributed by atoms with van der Waals surface area (Å²) in [6.07, 6.45) is 7.39. The fourth-order valence-electron chi connectivity index (χ4n) is 4.63. The van der Waals surface area contributed by atoms with Gasteiger partial charge in [-0.15, -0.1) is 0 Å². The molecule has 0 aliphatic carbocycles. The molecule has 0 aromatic heterocycles. The maximum Gasteiger partial charge on any atom is 0.457 e. The van der Waals surface area contributed by atoms with E-state index in [2.05, 4.69) is 27.7 Å². The summed E-state index contributed by atoms with van der Waals surface area (Å²) in [4.78, 5) is 19.3. The number of carbonyl (C=O) groups excluding carboxylic acids is 1. The van der Waals surface area contributed by atoms with Gasteiger partial charge in [0.15, 0.2) is 5.54 Å². The van der Waals surface area contributed by atoms with Crippen LogP contribution in [0.25, 0.3) is 0 Å². The third-order valence-corrected chi connectivity index (χ3v) is 7.47. The highest BCUT2D eigenvalue weighted by Gasteiger charge is 2.50. The molecule has 1 unspecified atom stereocenters. The molecule has 210 valence electrons. The molecule has 2 aromatic rings. The molecule has 1 aliphatic rings. The zero-order chi connectivity index (χ0) is 28.7. The van der Waals surface area contributed by atoms with E-state index >= 15 is 0 Å². The van der Waals surface area contributed by atoms with Crippen LogP contribution in [0.15, 0.2) is 77.8 Å². The van der Waals surface area contributed by atoms with Crippen LogP contribution in [0.3, 0.4) is 0 Å². The first-order valence-electron chi connectivity index (χ1n) is 14.2. The molecule has 1 heterocycles. The maximum absolute atomic E-state index is 14.0. The van der Waals surface area contributed by atoms with Crippen molar-refractivity contribution in [1.29, 1.82) is 0 Å². The van der Waals surface area contributed by atoms with Crippen LogP contribution in [-0.4, -0.2) is 41.1 Å². The SMILES string of the molecule is C/C=C/CC(CCCCB1OC(C)(C)C(C)(C)O1)(N=C(c1ccccc1)c1ccccc1)C(=O)OC(C)(C)C. The Morgan fingerprint density at radius 3 is 1.87 bits per heavy atom. The molecule has 0 bridgehead atoms. The number of allylic oxidation sites excluding steroid dienone is 1. The number of hydrogen-bond donors (Lipinski definition) is 0. The number of benzene rings is 2. The van der Waals surface area contributed by atoms with Gasteiger partial charge in [0, 0.05) is 17.5 Å². The Bertz CT molecular complexity index is 1080. The minimum absolute atomic E-state index is 0.255. The quantitative estimate of drug-likeness (QED) is 0.0975. The largest absolute Gasteiger partial charge is 0.458 e. The number of unbranched alkanes of at least 4 members (excludes halogenated alkanes) is 1. The van der Waals surface area contributed by atoms with Crippen molar-refractivity contribution in [3.8, 4) is 0 Å². The monoisotopic (exact) mass is 531 g/mol. The zero-order valence-corrected chi connectivity index (χ0v) is 25.1. The van der Waals surface area contributed by atoms with Crippen molar-refractivity contribution < 1.29 is 18.8 Å². The van der Waals surface area contributed by atoms with Gasteiger partial charge in [0.1, 0.15) is 5.60 Å². The van der Waals surface area contributed by atoms with E-state index in [-0.39, 0.29) is 24.3 Å². The van der Waals surface area contributed by atoms with Crippen molar-refractivity contribution in [2.24, 2.45) is 4.99 Å². The van der Waals surface area contributed by atoms with Crippen molar-refractivity contribution in [3.63, 3.8) is 0 Å². The van der Waals surface area contributed by atoms with Gasteiger partial charge in [-0.05, 0) is 68.1 Å². The summed E-state index contributed by atoms with van der Waals surface area (Å²) in [6.45, 7) is 16.0. The molecule has 6 heteroatoms. The molecule has 2 aromatic carbocycles. The van der Waals surface area contributed by atoms with Crippen molar-refractivity contribution in [2.45, 2.75) is 110 Å². The van der Waals surface area contributed by atoms with Crippen molar-refractivity contribution in [2.75, 3.05) is 0 Å². The number of rotatable bonds is 11. The van der Waals surface area contributed by atoms with E-state index in [0.717, 1.165) is 36.0 Å². The molecule has 0 N–H and O–H groups in total. The summed E-state index contributed by atoms with van der Waals surface area (Å²) in [6, 6.07) is 20.1. The van der Waals surface area contributed by atoms with Crippen molar-refractivity contribution >= 4 is 18.8 Å². The van der Waals surface area contributed by atoms with Crippen LogP contribution in [-0.2, 0) is 18.8 Å². The van der Waals surface area contributed by atoms with E-state index in [4.69, 9.17) is 19.0 Å². The number of ether oxygens (including phenoxy) is 1. The van der Waals surface area contributed by atoms with Gasteiger partial charge in [-0.3, -0.25) is 4.99 Å². The van der Waals surface area contributed by atoms with Crippen LogP contribution in [0, 0.1) is 0 Å². The lowest BCUT2D eigenvalue weighted by molar-refractivity contribution is -0.161. The van der Waals surface area contributed by atoms with Crippen molar-refractivity contribution in [1.82, 2.24) is 0 Å². The Morgan fingerprint density at radius 1 is 0.897 bits per heavy atom. The highest BCUT2D eigenvalue weighted by atomic mass is 16.7. The predicted molar refractivity (Wildman–Crippen MR) is 161 cm³/mol. The molecule has 5 nitrogen and oxygen atoms in total. The van der Waals surface area contributed by atoms with Gasteiger partial charge in [-0.25, -0.2) is 4.79 Å². The van der Waals surface area contributed by atoms with E-state index < -0.39 is 11.1 Å². The first kappa shape index (κ1) is 30.8. The van der Waals surface area contributed by atoms with E-state index in [9.17, 15) is 4.79 Å². The fourth-order valence-corrected chi connectivity index (χ4v) is 4.63. The average Bonchev–Trinajstić information content (AvgIpc) is 3.08. The molecular weight excluding hydrogens is 485 g/mol. The van der Waals surface area contributed by atoms with E-state index in [1.807, 2.05) is 101 Å². The Labute approximate surface area is 236 Å². The topological polar surface area (TPSA) is 57.1 Å². The molecule has 3 rings (SSSR count). The summed E-state index contributed by atoms with van der Waals surface area (Å²) >= 11 is 0. The second kappa shape index (κ2) is 12.7. The minimum atomic E-state index is -1.07. The van der Waals surface area contributed by atoms with E-state index in [0.29, 0.717) is 12.8 Å². The Hall–Kier alpha value is -2.70. The molecule has 0 spiro atoms. The molecular formula is C33H46BNO4. The number of esters is 1. The molecule has 1 atom stereocenters. The van der Waals surface area contributed by atoms with Crippen LogP contribution in [0.5, 0.6) is 0 Å². The second-order valence-electron chi connectivity index (χ2n) is 12.4. The predicted octanol–water partition coefficient (Wildman–Crippen LogP) is 7.83. The summed E-state index contributed by atoms with van der Waals surface area (Å²) in [5.74, 6) is -0.298. The second-order valence-corrected chi connectivity index (χ2v) is 12.4. The standard InChI is InChI=1S/C33H46BNO4/c1-9-10-23-33(29(36)37-30(2,3)4,24-17-18-25-34-38-31(5,6)32(7,8)39-34)35-28(26-19-13-11-14-20-26)27-21-15-12-16-22-27/h9-16,19-22H,17-18,23-25H2,1-8H3/b10-9+. The van der Waals surface area contributed by atoms with Gasteiger partial charge in [0.2, 0.25) is 0 Å². The van der Waals surface area contributed by atoms with Gasteiger partial charge >= 0.3 is 13.1 Å². The third kappa shape index (κ3) is 8.15. The van der Waals surface area contributed by atoms with Gasteiger partial charge in [-0.2, -0.15) is 0 Å². The van der Waals surface area contributed by atoms with E-state index in [1.54, 1.807) is 0 Å². The molecule has 0 amide bonds. The summed E-state index contributed by atoms with van der Waals surface area (Å²) in [7, 11) is -0.255. The normalized spacial score (nSPS) is 18.1. The van der Waals surface area contributed by atoms with E-state index in [1.165, 1.54) is 0 Å². The molecule has 1 fully saturated rings. The lowest BCUT2D eigenvalue weighted by Crippen LogP contribution is -2.43. The maximum atomic E-state index is 14.0. The Kier molecular flexibility index (Phi) is 10.0. The molecule has 0 saturated carbocycles. The smallest absolute Gasteiger partial charge is 0.457 e. The number of aliphatic imine (C=N–C) groups is 1. The first-order chi connectivity index (χ1) is 18.3. The molecule has 1 saturated heterocycles. The third-order valence-electron chi connectivity index (χ3n) is 7.47. The first-order valence-corrected chi connectivity index (χ1v) is 14.2. The highest BCUT2D eigenvalue weighted by molar-refractivity contribution is 6.45. The Morgan fingerprint density at radius 2 is 1.41 bits per heavy atom. The zero-order valence-electron chi connectivity index (χ0n) is 25.1. The number of hydrogen-bond acceptors (Lipinski definition) is 5. The lowest BCUT2D eigenvalue weighted by Gasteiger charge is -2.32. The average molecular weight is 532 g/mol. The summed E-state index contributed by atoms with van der Waals surface area (Å²) in [5.41, 5.74) is 0.316. The Balaban J connectivity index is 1.97. The van der Waals surface area contributed by atoms with Crippen molar-refractivity contribution in [3.05, 3.63) is 83.9 Å². The molecule has 1 aliphatic heterocycles. The lowest BCUT2D eigenvalue weighted by atomic mass is 9.80. The minimum Gasteiger partial charge on any atom is -0.458 e. The number of carbonyl (C=O) groups is 1. The molecule has 39 heavy (non-hydrogen) atoms. The molecule has 0 radical (unpaired) electrons. The van der Waals surface area contributed by atoms with Crippen LogP contribution in [0.1, 0.15) is 92.2 Å². The van der Waals surface area contributed by atoms with Crippen LogP contribution < -0.4 is 0 Å². The fraction of sp³-hybridized carbons (Fsp3) is 0.515. The van der Waals surface area contributed by atoms with Crippen LogP contribution in [0.2, 0.25) is 6.32 Å². The van der Waals surface area contributed by atoms with Gasteiger partial charge in [0.05, 0.1) is 16.9 Å².